The van der Waals surface area contributed by atoms with Crippen LogP contribution in [-0.4, -0.2) is 33.4 Å². The van der Waals surface area contributed by atoms with Crippen LogP contribution in [0.5, 0.6) is 0 Å². The Morgan fingerprint density at radius 3 is 2.55 bits per heavy atom. The predicted octanol–water partition coefficient (Wildman–Crippen LogP) is 2.56. The van der Waals surface area contributed by atoms with Gasteiger partial charge in [0.05, 0.1) is 33.7 Å². The smallest absolute Gasteiger partial charge is 0.321 e. The van der Waals surface area contributed by atoms with Crippen LogP contribution in [0.25, 0.3) is 5.57 Å². The summed E-state index contributed by atoms with van der Waals surface area (Å²) in [6, 6.07) is 7.84. The molecule has 0 saturated carbocycles. The van der Waals surface area contributed by atoms with E-state index in [1.54, 1.807) is 13.4 Å². The van der Waals surface area contributed by atoms with Crippen molar-refractivity contribution in [2.75, 3.05) is 27.4 Å². The molecule has 0 aliphatic carbocycles. The molecule has 0 unspecified atom stereocenters. The van der Waals surface area contributed by atoms with E-state index in [-0.39, 0.29) is 18.4 Å². The average molecular weight is 299 g/mol. The minimum atomic E-state index is -0.655. The average Bonchev–Trinajstić information content (AvgIpc) is 2.38. The first-order valence-corrected chi connectivity index (χ1v) is 6.10. The van der Waals surface area contributed by atoms with Crippen molar-refractivity contribution in [3.8, 4) is 0 Å². The second-order valence-electron chi connectivity index (χ2n) is 4.68. The molecule has 0 bridgehead atoms. The SMILES string of the molecule is COC=C(C)c1cccc(C2(C(=O)OC)COC2)c1.Cl. The molecule has 5 heteroatoms. The number of rotatable bonds is 4. The van der Waals surface area contributed by atoms with Crippen molar-refractivity contribution in [3.63, 3.8) is 0 Å². The normalized spacial score (nSPS) is 16.6. The van der Waals surface area contributed by atoms with Gasteiger partial charge in [0.2, 0.25) is 0 Å². The molecule has 2 rings (SSSR count). The van der Waals surface area contributed by atoms with Gasteiger partial charge in [-0.2, -0.15) is 0 Å². The van der Waals surface area contributed by atoms with Crippen molar-refractivity contribution >= 4 is 23.9 Å². The summed E-state index contributed by atoms with van der Waals surface area (Å²) in [7, 11) is 3.02. The zero-order chi connectivity index (χ0) is 13.9. The molecule has 0 radical (unpaired) electrons. The van der Waals surface area contributed by atoms with E-state index < -0.39 is 5.41 Å². The van der Waals surface area contributed by atoms with E-state index in [9.17, 15) is 4.79 Å². The molecule has 110 valence electrons. The number of benzene rings is 1. The summed E-state index contributed by atoms with van der Waals surface area (Å²) in [6.45, 7) is 2.71. The molecule has 1 aromatic carbocycles. The Bertz CT molecular complexity index is 506. The van der Waals surface area contributed by atoms with Gasteiger partial charge in [-0.15, -0.1) is 12.4 Å². The van der Waals surface area contributed by atoms with Crippen molar-refractivity contribution in [3.05, 3.63) is 41.7 Å². The van der Waals surface area contributed by atoms with Crippen LogP contribution in [0, 0.1) is 0 Å². The number of hydrogen-bond acceptors (Lipinski definition) is 4. The predicted molar refractivity (Wildman–Crippen MR) is 78.9 cm³/mol. The van der Waals surface area contributed by atoms with Gasteiger partial charge in [0.15, 0.2) is 0 Å². The van der Waals surface area contributed by atoms with Gasteiger partial charge in [0, 0.05) is 0 Å². The van der Waals surface area contributed by atoms with E-state index in [2.05, 4.69) is 0 Å². The lowest BCUT2D eigenvalue weighted by Crippen LogP contribution is -2.53. The molecule has 20 heavy (non-hydrogen) atoms. The number of carbonyl (C=O) groups is 1. The Morgan fingerprint density at radius 1 is 1.35 bits per heavy atom. The molecule has 4 nitrogen and oxygen atoms in total. The zero-order valence-electron chi connectivity index (χ0n) is 11.8. The molecule has 1 fully saturated rings. The van der Waals surface area contributed by atoms with Crippen LogP contribution in [0.15, 0.2) is 30.5 Å². The minimum absolute atomic E-state index is 0. The second-order valence-corrected chi connectivity index (χ2v) is 4.68. The molecule has 1 heterocycles. The molecule has 0 aromatic heterocycles. The Balaban J connectivity index is 0.00000200. The molecule has 1 aliphatic rings. The van der Waals surface area contributed by atoms with Gasteiger partial charge in [-0.3, -0.25) is 4.79 Å². The number of halogens is 1. The van der Waals surface area contributed by atoms with Gasteiger partial charge >= 0.3 is 5.97 Å². The van der Waals surface area contributed by atoms with Crippen molar-refractivity contribution < 1.29 is 19.0 Å². The molecule has 1 aliphatic heterocycles. The van der Waals surface area contributed by atoms with E-state index >= 15 is 0 Å². The number of esters is 1. The molecule has 0 N–H and O–H groups in total. The number of hydrogen-bond donors (Lipinski definition) is 0. The van der Waals surface area contributed by atoms with Crippen LogP contribution in [0.1, 0.15) is 18.1 Å². The first-order chi connectivity index (χ1) is 9.14. The largest absolute Gasteiger partial charge is 0.504 e. The van der Waals surface area contributed by atoms with E-state index in [4.69, 9.17) is 14.2 Å². The maximum Gasteiger partial charge on any atom is 0.321 e. The van der Waals surface area contributed by atoms with Gasteiger partial charge in [-0.05, 0) is 23.6 Å². The van der Waals surface area contributed by atoms with Crippen molar-refractivity contribution in [2.24, 2.45) is 0 Å². The van der Waals surface area contributed by atoms with Crippen molar-refractivity contribution in [2.45, 2.75) is 12.3 Å². The Labute approximate surface area is 125 Å². The molecule has 1 aromatic rings. The van der Waals surface area contributed by atoms with E-state index in [1.165, 1.54) is 7.11 Å². The number of allylic oxidation sites excluding steroid dienone is 1. The van der Waals surface area contributed by atoms with Crippen LogP contribution in [0.4, 0.5) is 0 Å². The van der Waals surface area contributed by atoms with Crippen LogP contribution in [0.2, 0.25) is 0 Å². The van der Waals surface area contributed by atoms with Crippen LogP contribution >= 0.6 is 12.4 Å². The minimum Gasteiger partial charge on any atom is -0.504 e. The molecular weight excluding hydrogens is 280 g/mol. The van der Waals surface area contributed by atoms with Gasteiger partial charge in [0.25, 0.3) is 0 Å². The van der Waals surface area contributed by atoms with Gasteiger partial charge in [-0.1, -0.05) is 24.3 Å². The van der Waals surface area contributed by atoms with Gasteiger partial charge in [0.1, 0.15) is 5.41 Å². The first kappa shape index (κ1) is 16.5. The van der Waals surface area contributed by atoms with Crippen molar-refractivity contribution in [1.29, 1.82) is 0 Å². The number of ether oxygens (including phenoxy) is 3. The third-order valence-electron chi connectivity index (χ3n) is 3.44. The zero-order valence-corrected chi connectivity index (χ0v) is 12.7. The Kier molecular flexibility index (Phi) is 5.60. The lowest BCUT2D eigenvalue weighted by atomic mass is 9.78. The lowest BCUT2D eigenvalue weighted by Gasteiger charge is -2.39. The lowest BCUT2D eigenvalue weighted by molar-refractivity contribution is -0.166. The van der Waals surface area contributed by atoms with Crippen LogP contribution < -0.4 is 0 Å². The molecule has 0 atom stereocenters. The van der Waals surface area contributed by atoms with Gasteiger partial charge < -0.3 is 14.2 Å². The summed E-state index contributed by atoms with van der Waals surface area (Å²) >= 11 is 0. The van der Waals surface area contributed by atoms with E-state index in [0.717, 1.165) is 16.7 Å². The fourth-order valence-electron chi connectivity index (χ4n) is 2.21. The highest BCUT2D eigenvalue weighted by Gasteiger charge is 2.48. The Hall–Kier alpha value is -1.52. The summed E-state index contributed by atoms with van der Waals surface area (Å²) in [5.74, 6) is -0.246. The highest BCUT2D eigenvalue weighted by atomic mass is 35.5. The maximum atomic E-state index is 12.0. The van der Waals surface area contributed by atoms with Crippen molar-refractivity contribution in [1.82, 2.24) is 0 Å². The fourth-order valence-corrected chi connectivity index (χ4v) is 2.21. The summed E-state index contributed by atoms with van der Waals surface area (Å²) < 4.78 is 15.1. The van der Waals surface area contributed by atoms with Gasteiger partial charge in [-0.25, -0.2) is 0 Å². The fraction of sp³-hybridized carbons (Fsp3) is 0.400. The summed E-state index contributed by atoms with van der Waals surface area (Å²) in [6.07, 6.45) is 1.68. The topological polar surface area (TPSA) is 44.8 Å². The summed E-state index contributed by atoms with van der Waals surface area (Å²) in [4.78, 5) is 12.0. The quantitative estimate of drug-likeness (QED) is 0.633. The Morgan fingerprint density at radius 2 is 2.05 bits per heavy atom. The first-order valence-electron chi connectivity index (χ1n) is 6.10. The number of carbonyl (C=O) groups excluding carboxylic acids is 1. The third-order valence-corrected chi connectivity index (χ3v) is 3.44. The molecular formula is C15H19ClO4. The number of methoxy groups -OCH3 is 2. The maximum absolute atomic E-state index is 12.0. The third kappa shape index (κ3) is 2.81. The second kappa shape index (κ2) is 6.77. The highest BCUT2D eigenvalue weighted by molar-refractivity contribution is 5.85. The summed E-state index contributed by atoms with van der Waals surface area (Å²) in [5.41, 5.74) is 2.30. The standard InChI is InChI=1S/C15H18O4.ClH/c1-11(8-17-2)12-5-4-6-13(7-12)15(9-19-10-15)14(16)18-3;/h4-8H,9-10H2,1-3H3;1H. The molecule has 1 saturated heterocycles. The van der Waals surface area contributed by atoms with Crippen LogP contribution in [-0.2, 0) is 24.4 Å². The highest BCUT2D eigenvalue weighted by Crippen LogP contribution is 2.34. The van der Waals surface area contributed by atoms with Crippen LogP contribution in [0.3, 0.4) is 0 Å². The molecule has 0 spiro atoms. The summed E-state index contributed by atoms with van der Waals surface area (Å²) in [5, 5.41) is 0. The monoisotopic (exact) mass is 298 g/mol. The van der Waals surface area contributed by atoms with E-state index in [1.807, 2.05) is 31.2 Å². The molecule has 0 amide bonds. The van der Waals surface area contributed by atoms with E-state index in [0.29, 0.717) is 13.2 Å².